The summed E-state index contributed by atoms with van der Waals surface area (Å²) in [5.41, 5.74) is 4.99. The lowest BCUT2D eigenvalue weighted by Crippen LogP contribution is -2.00. The first-order valence-electron chi connectivity index (χ1n) is 1.70. The molecule has 1 aliphatic carbocycles. The number of nitrogens with two attached hydrogens (primary N) is 1. The van der Waals surface area contributed by atoms with Gasteiger partial charge >= 0.3 is 0 Å². The number of halogens is 2. The van der Waals surface area contributed by atoms with Crippen molar-refractivity contribution in [2.24, 2.45) is 5.73 Å². The average Bonchev–Trinajstić information content (AvgIpc) is 1.79. The summed E-state index contributed by atoms with van der Waals surface area (Å²) in [5, 5.41) is 0. The molecule has 1 rings (SSSR count). The first-order valence-corrected chi connectivity index (χ1v) is 1.70. The normalized spacial score (nSPS) is 41.0. The van der Waals surface area contributed by atoms with Gasteiger partial charge in [0.15, 0.2) is 0 Å². The highest BCUT2D eigenvalue weighted by Crippen LogP contribution is 2.21. The van der Waals surface area contributed by atoms with Gasteiger partial charge in [-0.25, -0.2) is 4.39 Å². The largest absolute Gasteiger partial charge is 0.325 e. The van der Waals surface area contributed by atoms with Gasteiger partial charge in [0, 0.05) is 6.04 Å². The first-order chi connectivity index (χ1) is 2.30. The van der Waals surface area contributed by atoms with Gasteiger partial charge in [-0.1, -0.05) is 0 Å². The summed E-state index contributed by atoms with van der Waals surface area (Å²) in [4.78, 5) is 0. The van der Waals surface area contributed by atoms with E-state index in [1.165, 1.54) is 0 Å². The van der Waals surface area contributed by atoms with E-state index in [4.69, 9.17) is 5.73 Å². The topological polar surface area (TPSA) is 26.0 Å². The second-order valence-corrected chi connectivity index (χ2v) is 1.42. The summed E-state index contributed by atoms with van der Waals surface area (Å²) in [7, 11) is 0. The molecule has 2 unspecified atom stereocenters. The molecule has 1 nitrogen and oxygen atoms in total. The van der Waals surface area contributed by atoms with Crippen LogP contribution in [0.3, 0.4) is 0 Å². The van der Waals surface area contributed by atoms with E-state index in [1.807, 2.05) is 0 Å². The van der Waals surface area contributed by atoms with Crippen LogP contribution in [0.2, 0.25) is 0 Å². The zero-order valence-corrected chi connectivity index (χ0v) is 4.04. The molecule has 0 amide bonds. The number of rotatable bonds is 0. The highest BCUT2D eigenvalue weighted by atomic mass is 35.5. The maximum absolute atomic E-state index is 11.4. The van der Waals surface area contributed by atoms with Crippen molar-refractivity contribution in [1.82, 2.24) is 0 Å². The van der Waals surface area contributed by atoms with Crippen molar-refractivity contribution >= 4 is 12.4 Å². The summed E-state index contributed by atoms with van der Waals surface area (Å²) in [6.45, 7) is 0. The van der Waals surface area contributed by atoms with Crippen LogP contribution in [-0.4, -0.2) is 12.2 Å². The first kappa shape index (κ1) is 6.18. The van der Waals surface area contributed by atoms with Crippen molar-refractivity contribution in [2.75, 3.05) is 0 Å². The molecule has 1 saturated carbocycles. The Kier molecular flexibility index (Phi) is 1.81. The Morgan fingerprint density at radius 3 is 1.83 bits per heavy atom. The second-order valence-electron chi connectivity index (χ2n) is 1.42. The molecule has 0 aromatic rings. The lowest BCUT2D eigenvalue weighted by molar-refractivity contribution is 0.467. The highest BCUT2D eigenvalue weighted by molar-refractivity contribution is 5.85. The van der Waals surface area contributed by atoms with Crippen LogP contribution in [0.5, 0.6) is 0 Å². The Balaban J connectivity index is 0.000000250. The van der Waals surface area contributed by atoms with Gasteiger partial charge in [0.1, 0.15) is 6.17 Å². The number of alkyl halides is 1. The third kappa shape index (κ3) is 1.11. The molecule has 0 aromatic heterocycles. The molecule has 6 heavy (non-hydrogen) atoms. The van der Waals surface area contributed by atoms with E-state index in [-0.39, 0.29) is 18.4 Å². The van der Waals surface area contributed by atoms with Gasteiger partial charge in [0.25, 0.3) is 0 Å². The fraction of sp³-hybridized carbons (Fsp3) is 1.00. The van der Waals surface area contributed by atoms with E-state index in [2.05, 4.69) is 0 Å². The van der Waals surface area contributed by atoms with Gasteiger partial charge in [-0.3, -0.25) is 0 Å². The van der Waals surface area contributed by atoms with Gasteiger partial charge in [-0.05, 0) is 6.42 Å². The monoisotopic (exact) mass is 111 g/mol. The SMILES string of the molecule is Cl.NC1CC1F. The van der Waals surface area contributed by atoms with Crippen LogP contribution in [0.1, 0.15) is 6.42 Å². The van der Waals surface area contributed by atoms with Gasteiger partial charge in [0.05, 0.1) is 0 Å². The Hall–Kier alpha value is 0.180. The number of hydrogen-bond donors (Lipinski definition) is 1. The van der Waals surface area contributed by atoms with Crippen LogP contribution in [0, 0.1) is 0 Å². The molecule has 0 aromatic carbocycles. The van der Waals surface area contributed by atoms with Crippen molar-refractivity contribution in [3.8, 4) is 0 Å². The highest BCUT2D eigenvalue weighted by Gasteiger charge is 2.32. The molecule has 3 heteroatoms. The maximum Gasteiger partial charge on any atom is 0.117 e. The van der Waals surface area contributed by atoms with E-state index in [0.717, 1.165) is 0 Å². The molecule has 0 heterocycles. The van der Waals surface area contributed by atoms with Crippen molar-refractivity contribution in [3.63, 3.8) is 0 Å². The lowest BCUT2D eigenvalue weighted by atomic mass is 10.8. The summed E-state index contributed by atoms with van der Waals surface area (Å²) < 4.78 is 11.4. The standard InChI is InChI=1S/C3H6FN.ClH/c4-2-1-3(2)5;/h2-3H,1,5H2;1H. The minimum absolute atomic E-state index is 0. The van der Waals surface area contributed by atoms with Crippen molar-refractivity contribution < 1.29 is 4.39 Å². The zero-order valence-electron chi connectivity index (χ0n) is 3.23. The molecule has 2 atom stereocenters. The lowest BCUT2D eigenvalue weighted by Gasteiger charge is -1.66. The van der Waals surface area contributed by atoms with Gasteiger partial charge in [0.2, 0.25) is 0 Å². The van der Waals surface area contributed by atoms with Crippen LogP contribution in [0.4, 0.5) is 4.39 Å². The Labute approximate surface area is 42.1 Å². The zero-order chi connectivity index (χ0) is 3.86. The van der Waals surface area contributed by atoms with Crippen LogP contribution in [-0.2, 0) is 0 Å². The van der Waals surface area contributed by atoms with Crippen LogP contribution in [0.25, 0.3) is 0 Å². The summed E-state index contributed by atoms with van der Waals surface area (Å²) in [6.07, 6.45) is -0.0880. The maximum atomic E-state index is 11.4. The quantitative estimate of drug-likeness (QED) is 0.484. The fourth-order valence-corrected chi connectivity index (χ4v) is 0.181. The second kappa shape index (κ2) is 1.76. The van der Waals surface area contributed by atoms with E-state index in [0.29, 0.717) is 6.42 Å². The molecule has 1 fully saturated rings. The Bertz CT molecular complexity index is 44.1. The van der Waals surface area contributed by atoms with Crippen LogP contribution >= 0.6 is 12.4 Å². The van der Waals surface area contributed by atoms with Gasteiger partial charge in [-0.2, -0.15) is 0 Å². The van der Waals surface area contributed by atoms with Crippen LogP contribution in [0.15, 0.2) is 0 Å². The third-order valence-electron chi connectivity index (χ3n) is 0.759. The molecule has 1 aliphatic rings. The number of hydrogen-bond acceptors (Lipinski definition) is 1. The predicted octanol–water partition coefficient (Wildman–Crippen LogP) is 0.477. The molecule has 0 spiro atoms. The molecule has 38 valence electrons. The van der Waals surface area contributed by atoms with E-state index in [1.54, 1.807) is 0 Å². The summed E-state index contributed by atoms with van der Waals surface area (Å²) >= 11 is 0. The molecule has 0 radical (unpaired) electrons. The predicted molar refractivity (Wildman–Crippen MR) is 24.7 cm³/mol. The Morgan fingerprint density at radius 1 is 1.67 bits per heavy atom. The summed E-state index contributed by atoms with van der Waals surface area (Å²) in [5.74, 6) is 0. The van der Waals surface area contributed by atoms with Crippen molar-refractivity contribution in [1.29, 1.82) is 0 Å². The van der Waals surface area contributed by atoms with E-state index >= 15 is 0 Å². The minimum Gasteiger partial charge on any atom is -0.325 e. The fourth-order valence-electron chi connectivity index (χ4n) is 0.181. The molecule has 0 saturated heterocycles. The molecule has 0 bridgehead atoms. The summed E-state index contributed by atoms with van der Waals surface area (Å²) in [6, 6.07) is -0.116. The third-order valence-corrected chi connectivity index (χ3v) is 0.759. The molecule has 2 N–H and O–H groups in total. The molecule has 0 aliphatic heterocycles. The van der Waals surface area contributed by atoms with E-state index < -0.39 is 6.17 Å². The van der Waals surface area contributed by atoms with Crippen LogP contribution < -0.4 is 5.73 Å². The van der Waals surface area contributed by atoms with Crippen molar-refractivity contribution in [3.05, 3.63) is 0 Å². The van der Waals surface area contributed by atoms with Gasteiger partial charge in [-0.15, -0.1) is 12.4 Å². The van der Waals surface area contributed by atoms with Crippen molar-refractivity contribution in [2.45, 2.75) is 18.6 Å². The smallest absolute Gasteiger partial charge is 0.117 e. The minimum atomic E-state index is -0.671. The molecular weight excluding hydrogens is 104 g/mol. The Morgan fingerprint density at radius 2 is 1.83 bits per heavy atom. The average molecular weight is 112 g/mol. The van der Waals surface area contributed by atoms with Gasteiger partial charge < -0.3 is 5.73 Å². The van der Waals surface area contributed by atoms with E-state index in [9.17, 15) is 4.39 Å². The molecular formula is C3H7ClFN.